The molecular formula is C17H14N2O. The number of hydrogen-bond donors (Lipinski definition) is 1. The van der Waals surface area contributed by atoms with E-state index in [0.717, 1.165) is 11.3 Å². The first kappa shape index (κ1) is 12.4. The second kappa shape index (κ2) is 5.13. The van der Waals surface area contributed by atoms with Crippen LogP contribution in [0, 0.1) is 0 Å². The van der Waals surface area contributed by atoms with Crippen LogP contribution in [0.3, 0.4) is 0 Å². The average Bonchev–Trinajstić information content (AvgIpc) is 2.69. The maximum atomic E-state index is 12.5. The standard InChI is InChI=1S/C17H14N2O/c18-14-10-8-13(9-11-14)17(20)16-7-3-5-12-4-1-2-6-15(12)19-16/h1-6,8-11H,7,18H2. The normalized spacial score (nSPS) is 13.3. The molecule has 3 nitrogen and oxygen atoms in total. The van der Waals surface area contributed by atoms with E-state index in [1.807, 2.05) is 36.4 Å². The van der Waals surface area contributed by atoms with E-state index in [0.29, 0.717) is 23.4 Å². The lowest BCUT2D eigenvalue weighted by atomic mass is 10.0. The summed E-state index contributed by atoms with van der Waals surface area (Å²) in [5.41, 5.74) is 9.32. The number of nitrogens with two attached hydrogens (primary N) is 1. The Labute approximate surface area is 117 Å². The largest absolute Gasteiger partial charge is 0.399 e. The van der Waals surface area contributed by atoms with Gasteiger partial charge in [-0.3, -0.25) is 4.79 Å². The number of anilines is 1. The van der Waals surface area contributed by atoms with Crippen LogP contribution in [0.25, 0.3) is 6.08 Å². The first-order chi connectivity index (χ1) is 9.74. The second-order valence-electron chi connectivity index (χ2n) is 4.67. The van der Waals surface area contributed by atoms with E-state index in [4.69, 9.17) is 5.73 Å². The topological polar surface area (TPSA) is 55.5 Å². The molecule has 2 aromatic carbocycles. The number of fused-ring (bicyclic) bond motifs is 1. The maximum absolute atomic E-state index is 12.5. The second-order valence-corrected chi connectivity index (χ2v) is 4.67. The molecule has 0 unspecified atom stereocenters. The van der Waals surface area contributed by atoms with Crippen molar-refractivity contribution in [3.63, 3.8) is 0 Å². The average molecular weight is 262 g/mol. The Balaban J connectivity index is 1.98. The van der Waals surface area contributed by atoms with Gasteiger partial charge < -0.3 is 5.73 Å². The van der Waals surface area contributed by atoms with E-state index in [2.05, 4.69) is 4.99 Å². The van der Waals surface area contributed by atoms with E-state index < -0.39 is 0 Å². The number of ketones is 1. The zero-order chi connectivity index (χ0) is 13.9. The van der Waals surface area contributed by atoms with Gasteiger partial charge in [-0.05, 0) is 35.9 Å². The van der Waals surface area contributed by atoms with Gasteiger partial charge in [0.15, 0.2) is 0 Å². The molecule has 2 aromatic rings. The Morgan fingerprint density at radius 3 is 2.60 bits per heavy atom. The van der Waals surface area contributed by atoms with Crippen molar-refractivity contribution < 1.29 is 4.79 Å². The van der Waals surface area contributed by atoms with Crippen LogP contribution in [-0.4, -0.2) is 11.5 Å². The van der Waals surface area contributed by atoms with Gasteiger partial charge in [0, 0.05) is 17.7 Å². The monoisotopic (exact) mass is 262 g/mol. The third-order valence-corrected chi connectivity index (χ3v) is 3.24. The zero-order valence-electron chi connectivity index (χ0n) is 10.9. The van der Waals surface area contributed by atoms with E-state index in [9.17, 15) is 4.79 Å². The molecule has 0 saturated heterocycles. The number of carbonyl (C=O) groups excluding carboxylic acids is 1. The summed E-state index contributed by atoms with van der Waals surface area (Å²) in [6.07, 6.45) is 4.51. The summed E-state index contributed by atoms with van der Waals surface area (Å²) in [7, 11) is 0. The van der Waals surface area contributed by atoms with Crippen LogP contribution in [0.5, 0.6) is 0 Å². The molecule has 0 atom stereocenters. The number of nitrogens with zero attached hydrogens (tertiary/aromatic N) is 1. The molecular weight excluding hydrogens is 248 g/mol. The van der Waals surface area contributed by atoms with Crippen LogP contribution in [0.1, 0.15) is 22.3 Å². The lowest BCUT2D eigenvalue weighted by molar-refractivity contribution is 0.106. The van der Waals surface area contributed by atoms with Gasteiger partial charge in [-0.1, -0.05) is 30.4 Å². The van der Waals surface area contributed by atoms with E-state index in [-0.39, 0.29) is 5.78 Å². The summed E-state index contributed by atoms with van der Waals surface area (Å²) in [5, 5.41) is 0. The Hall–Kier alpha value is -2.68. The highest BCUT2D eigenvalue weighted by Crippen LogP contribution is 2.24. The summed E-state index contributed by atoms with van der Waals surface area (Å²) in [6.45, 7) is 0. The molecule has 0 aromatic heterocycles. The highest BCUT2D eigenvalue weighted by Gasteiger charge is 2.15. The van der Waals surface area contributed by atoms with Crippen molar-refractivity contribution >= 4 is 28.9 Å². The van der Waals surface area contributed by atoms with E-state index in [1.54, 1.807) is 24.3 Å². The highest BCUT2D eigenvalue weighted by molar-refractivity contribution is 6.46. The molecule has 0 fully saturated rings. The van der Waals surface area contributed by atoms with Gasteiger partial charge in [0.05, 0.1) is 11.4 Å². The van der Waals surface area contributed by atoms with Crippen LogP contribution in [-0.2, 0) is 0 Å². The number of para-hydroxylation sites is 1. The third-order valence-electron chi connectivity index (χ3n) is 3.24. The molecule has 3 rings (SSSR count). The summed E-state index contributed by atoms with van der Waals surface area (Å²) in [5.74, 6) is -0.0497. The first-order valence-electron chi connectivity index (χ1n) is 6.47. The molecule has 0 amide bonds. The fourth-order valence-electron chi connectivity index (χ4n) is 2.16. The fourth-order valence-corrected chi connectivity index (χ4v) is 2.16. The predicted octanol–water partition coefficient (Wildman–Crippen LogP) is 3.64. The van der Waals surface area contributed by atoms with Crippen molar-refractivity contribution in [2.75, 3.05) is 5.73 Å². The SMILES string of the molecule is Nc1ccc(C(=O)C2=Nc3ccccc3C=CC2)cc1. The molecule has 0 radical (unpaired) electrons. The highest BCUT2D eigenvalue weighted by atomic mass is 16.1. The molecule has 1 heterocycles. The lowest BCUT2D eigenvalue weighted by Gasteiger charge is -2.04. The van der Waals surface area contributed by atoms with Crippen molar-refractivity contribution in [1.29, 1.82) is 0 Å². The van der Waals surface area contributed by atoms with Crippen molar-refractivity contribution in [3.05, 3.63) is 65.7 Å². The third kappa shape index (κ3) is 2.38. The van der Waals surface area contributed by atoms with Crippen LogP contribution < -0.4 is 5.73 Å². The van der Waals surface area contributed by atoms with Crippen molar-refractivity contribution in [2.24, 2.45) is 4.99 Å². The smallest absolute Gasteiger partial charge is 0.207 e. The molecule has 0 bridgehead atoms. The summed E-state index contributed by atoms with van der Waals surface area (Å²) < 4.78 is 0. The van der Waals surface area contributed by atoms with E-state index in [1.165, 1.54) is 0 Å². The van der Waals surface area contributed by atoms with E-state index >= 15 is 0 Å². The van der Waals surface area contributed by atoms with Gasteiger partial charge >= 0.3 is 0 Å². The molecule has 20 heavy (non-hydrogen) atoms. The Morgan fingerprint density at radius 2 is 1.80 bits per heavy atom. The summed E-state index contributed by atoms with van der Waals surface area (Å²) >= 11 is 0. The van der Waals surface area contributed by atoms with Gasteiger partial charge in [0.1, 0.15) is 0 Å². The van der Waals surface area contributed by atoms with Gasteiger partial charge in [-0.2, -0.15) is 0 Å². The van der Waals surface area contributed by atoms with Gasteiger partial charge in [0.2, 0.25) is 5.78 Å². The minimum absolute atomic E-state index is 0.0497. The number of rotatable bonds is 2. The zero-order valence-corrected chi connectivity index (χ0v) is 10.9. The first-order valence-corrected chi connectivity index (χ1v) is 6.47. The van der Waals surface area contributed by atoms with Crippen LogP contribution >= 0.6 is 0 Å². The molecule has 2 N–H and O–H groups in total. The minimum Gasteiger partial charge on any atom is -0.399 e. The van der Waals surface area contributed by atoms with Gasteiger partial charge in [-0.15, -0.1) is 0 Å². The Bertz CT molecular complexity index is 712. The minimum atomic E-state index is -0.0497. The maximum Gasteiger partial charge on any atom is 0.207 e. The number of nitrogen functional groups attached to an aromatic ring is 1. The van der Waals surface area contributed by atoms with Crippen LogP contribution in [0.4, 0.5) is 11.4 Å². The van der Waals surface area contributed by atoms with Crippen LogP contribution in [0.2, 0.25) is 0 Å². The van der Waals surface area contributed by atoms with Gasteiger partial charge in [0.25, 0.3) is 0 Å². The molecule has 0 aliphatic carbocycles. The molecule has 1 aliphatic rings. The van der Waals surface area contributed by atoms with Gasteiger partial charge in [-0.25, -0.2) is 4.99 Å². The predicted molar refractivity (Wildman–Crippen MR) is 82.4 cm³/mol. The summed E-state index contributed by atoms with van der Waals surface area (Å²) in [6, 6.07) is 14.7. The fraction of sp³-hybridized carbons (Fsp3) is 0.0588. The Kier molecular flexibility index (Phi) is 3.17. The number of aliphatic imine (C=N–C) groups is 1. The number of carbonyl (C=O) groups is 1. The molecule has 0 saturated carbocycles. The number of allylic oxidation sites excluding steroid dienone is 1. The summed E-state index contributed by atoms with van der Waals surface area (Å²) in [4.78, 5) is 17.0. The Morgan fingerprint density at radius 1 is 1.05 bits per heavy atom. The van der Waals surface area contributed by atoms with Crippen LogP contribution in [0.15, 0.2) is 59.6 Å². The number of Topliss-reactive ketones (excluding diaryl/α,β-unsaturated/α-hetero) is 1. The number of hydrogen-bond acceptors (Lipinski definition) is 3. The lowest BCUT2D eigenvalue weighted by Crippen LogP contribution is -2.13. The molecule has 0 spiro atoms. The van der Waals surface area contributed by atoms with Crippen molar-refractivity contribution in [3.8, 4) is 0 Å². The van der Waals surface area contributed by atoms with Crippen molar-refractivity contribution in [2.45, 2.75) is 6.42 Å². The molecule has 1 aliphatic heterocycles. The van der Waals surface area contributed by atoms with Crippen molar-refractivity contribution in [1.82, 2.24) is 0 Å². The quantitative estimate of drug-likeness (QED) is 0.663. The molecule has 98 valence electrons. The molecule has 3 heteroatoms. The number of benzene rings is 2.